The van der Waals surface area contributed by atoms with E-state index in [0.29, 0.717) is 16.8 Å². The Morgan fingerprint density at radius 2 is 1.88 bits per heavy atom. The summed E-state index contributed by atoms with van der Waals surface area (Å²) < 4.78 is 13.0. The third-order valence-electron chi connectivity index (χ3n) is 5.21. The fourth-order valence-corrected chi connectivity index (χ4v) is 3.63. The van der Waals surface area contributed by atoms with Crippen LogP contribution in [-0.4, -0.2) is 52.0 Å². The largest absolute Gasteiger partial charge is 0.337 e. The summed E-state index contributed by atoms with van der Waals surface area (Å²) in [6.07, 6.45) is 4.76. The lowest BCUT2D eigenvalue weighted by Crippen LogP contribution is -2.44. The predicted octanol–water partition coefficient (Wildman–Crippen LogP) is 2.04. The molecule has 2 saturated heterocycles. The zero-order valence-corrected chi connectivity index (χ0v) is 14.6. The van der Waals surface area contributed by atoms with Gasteiger partial charge in [-0.3, -0.25) is 4.79 Å². The average Bonchev–Trinajstić information content (AvgIpc) is 3.26. The molecule has 1 aromatic heterocycles. The highest BCUT2D eigenvalue weighted by molar-refractivity contribution is 5.92. The normalized spacial score (nSPS) is 19.0. The highest BCUT2D eigenvalue weighted by atomic mass is 35.5. The van der Waals surface area contributed by atoms with Crippen LogP contribution in [-0.2, 0) is 0 Å². The maximum atomic E-state index is 13.0. The summed E-state index contributed by atoms with van der Waals surface area (Å²) in [4.78, 5) is 15.9. The van der Waals surface area contributed by atoms with E-state index in [-0.39, 0.29) is 24.1 Å². The van der Waals surface area contributed by atoms with Gasteiger partial charge in [0.05, 0.1) is 11.9 Å². The maximum absolute atomic E-state index is 13.0. The summed E-state index contributed by atoms with van der Waals surface area (Å²) in [7, 11) is 0. The van der Waals surface area contributed by atoms with E-state index in [0.717, 1.165) is 39.0 Å². The lowest BCUT2D eigenvalue weighted by Gasteiger charge is -2.38. The van der Waals surface area contributed by atoms with Crippen LogP contribution in [0.4, 0.5) is 4.39 Å². The molecule has 2 fully saturated rings. The Labute approximate surface area is 151 Å². The molecule has 1 aromatic carbocycles. The Morgan fingerprint density at radius 3 is 2.52 bits per heavy atom. The molecular formula is C17H21ClFN5O. The fraction of sp³-hybridized carbons (Fsp3) is 0.471. The van der Waals surface area contributed by atoms with E-state index in [1.807, 2.05) is 4.90 Å². The number of hydrogen-bond acceptors (Lipinski definition) is 4. The van der Waals surface area contributed by atoms with Crippen LogP contribution in [0.3, 0.4) is 0 Å². The SMILES string of the molecule is Cl.O=C(c1cnn(-c2ccc(F)cc2)n1)N1CCC2(CCNC2)CC1. The van der Waals surface area contributed by atoms with E-state index < -0.39 is 0 Å². The molecule has 3 heterocycles. The smallest absolute Gasteiger partial charge is 0.276 e. The summed E-state index contributed by atoms with van der Waals surface area (Å²) in [5, 5.41) is 11.8. The predicted molar refractivity (Wildman–Crippen MR) is 93.6 cm³/mol. The Hall–Kier alpha value is -1.99. The number of rotatable bonds is 2. The zero-order valence-electron chi connectivity index (χ0n) is 13.8. The van der Waals surface area contributed by atoms with Crippen LogP contribution < -0.4 is 5.32 Å². The number of carbonyl (C=O) groups is 1. The minimum atomic E-state index is -0.314. The van der Waals surface area contributed by atoms with E-state index in [9.17, 15) is 9.18 Å². The van der Waals surface area contributed by atoms with Gasteiger partial charge in [0.15, 0.2) is 5.69 Å². The summed E-state index contributed by atoms with van der Waals surface area (Å²) in [5.41, 5.74) is 1.34. The summed E-state index contributed by atoms with van der Waals surface area (Å²) in [5.74, 6) is -0.393. The molecule has 8 heteroatoms. The molecule has 2 aliphatic rings. The molecule has 2 aromatic rings. The highest BCUT2D eigenvalue weighted by Crippen LogP contribution is 2.37. The van der Waals surface area contributed by atoms with Gasteiger partial charge in [0.1, 0.15) is 5.82 Å². The van der Waals surface area contributed by atoms with E-state index >= 15 is 0 Å². The van der Waals surface area contributed by atoms with Crippen LogP contribution in [0.5, 0.6) is 0 Å². The number of hydrogen-bond donors (Lipinski definition) is 1. The van der Waals surface area contributed by atoms with Gasteiger partial charge in [0.2, 0.25) is 0 Å². The van der Waals surface area contributed by atoms with E-state index in [2.05, 4.69) is 15.5 Å². The molecule has 1 N–H and O–H groups in total. The second kappa shape index (κ2) is 7.09. The van der Waals surface area contributed by atoms with Crippen molar-refractivity contribution in [2.75, 3.05) is 26.2 Å². The molecular weight excluding hydrogens is 345 g/mol. The second-order valence-electron chi connectivity index (χ2n) is 6.71. The minimum absolute atomic E-state index is 0. The Balaban J connectivity index is 0.00000182. The zero-order chi connectivity index (χ0) is 16.6. The van der Waals surface area contributed by atoms with Crippen molar-refractivity contribution >= 4 is 18.3 Å². The molecule has 0 bridgehead atoms. The van der Waals surface area contributed by atoms with Crippen molar-refractivity contribution in [3.05, 3.63) is 42.0 Å². The molecule has 6 nitrogen and oxygen atoms in total. The first-order chi connectivity index (χ1) is 11.7. The van der Waals surface area contributed by atoms with Crippen molar-refractivity contribution in [3.63, 3.8) is 0 Å². The number of aromatic nitrogens is 3. The molecule has 0 unspecified atom stereocenters. The second-order valence-corrected chi connectivity index (χ2v) is 6.71. The maximum Gasteiger partial charge on any atom is 0.276 e. The number of piperidine rings is 1. The Bertz CT molecular complexity index is 732. The van der Waals surface area contributed by atoms with Gasteiger partial charge in [-0.15, -0.1) is 17.5 Å². The number of likely N-dealkylation sites (tertiary alicyclic amines) is 1. The van der Waals surface area contributed by atoms with Gasteiger partial charge in [-0.2, -0.15) is 9.90 Å². The van der Waals surface area contributed by atoms with Crippen LogP contribution in [0, 0.1) is 11.2 Å². The Kier molecular flexibility index (Phi) is 5.06. The van der Waals surface area contributed by atoms with Crippen molar-refractivity contribution in [3.8, 4) is 5.69 Å². The molecule has 0 aliphatic carbocycles. The van der Waals surface area contributed by atoms with Crippen LogP contribution in [0.2, 0.25) is 0 Å². The summed E-state index contributed by atoms with van der Waals surface area (Å²) >= 11 is 0. The summed E-state index contributed by atoms with van der Waals surface area (Å²) in [6.45, 7) is 3.68. The summed E-state index contributed by atoms with van der Waals surface area (Å²) in [6, 6.07) is 5.86. The monoisotopic (exact) mass is 365 g/mol. The third kappa shape index (κ3) is 3.52. The average molecular weight is 366 g/mol. The molecule has 0 radical (unpaired) electrons. The number of halogens is 2. The van der Waals surface area contributed by atoms with Crippen LogP contribution in [0.1, 0.15) is 29.8 Å². The van der Waals surface area contributed by atoms with Crippen molar-refractivity contribution in [2.45, 2.75) is 19.3 Å². The molecule has 1 spiro atoms. The van der Waals surface area contributed by atoms with Crippen LogP contribution in [0.15, 0.2) is 30.5 Å². The highest BCUT2D eigenvalue weighted by Gasteiger charge is 2.38. The van der Waals surface area contributed by atoms with Gasteiger partial charge in [0.25, 0.3) is 5.91 Å². The van der Waals surface area contributed by atoms with Gasteiger partial charge in [-0.25, -0.2) is 4.39 Å². The van der Waals surface area contributed by atoms with Crippen molar-refractivity contribution in [1.29, 1.82) is 0 Å². The standard InChI is InChI=1S/C17H20FN5O.ClH/c18-13-1-3-14(4-2-13)23-20-11-15(21-23)16(24)22-9-6-17(7-10-22)5-8-19-12-17;/h1-4,11,19H,5-10,12H2;1H. The molecule has 2 aliphatic heterocycles. The number of benzene rings is 1. The van der Waals surface area contributed by atoms with Crippen molar-refractivity contribution < 1.29 is 9.18 Å². The van der Waals surface area contributed by atoms with Gasteiger partial charge >= 0.3 is 0 Å². The number of carbonyl (C=O) groups excluding carboxylic acids is 1. The van der Waals surface area contributed by atoms with Crippen LogP contribution >= 0.6 is 12.4 Å². The molecule has 4 rings (SSSR count). The molecule has 1 amide bonds. The van der Waals surface area contributed by atoms with Crippen molar-refractivity contribution in [1.82, 2.24) is 25.2 Å². The quantitative estimate of drug-likeness (QED) is 0.884. The number of nitrogens with zero attached hydrogens (tertiary/aromatic N) is 4. The van der Waals surface area contributed by atoms with E-state index in [1.54, 1.807) is 12.1 Å². The van der Waals surface area contributed by atoms with E-state index in [1.165, 1.54) is 29.5 Å². The molecule has 0 atom stereocenters. The minimum Gasteiger partial charge on any atom is -0.337 e. The van der Waals surface area contributed by atoms with Crippen molar-refractivity contribution in [2.24, 2.45) is 5.41 Å². The lowest BCUT2D eigenvalue weighted by molar-refractivity contribution is 0.0601. The first-order valence-corrected chi connectivity index (χ1v) is 8.34. The Morgan fingerprint density at radius 1 is 1.16 bits per heavy atom. The molecule has 25 heavy (non-hydrogen) atoms. The lowest BCUT2D eigenvalue weighted by atomic mass is 9.78. The van der Waals surface area contributed by atoms with E-state index in [4.69, 9.17) is 0 Å². The fourth-order valence-electron chi connectivity index (χ4n) is 3.63. The molecule has 0 saturated carbocycles. The van der Waals surface area contributed by atoms with Gasteiger partial charge in [-0.05, 0) is 55.5 Å². The van der Waals surface area contributed by atoms with Crippen LogP contribution in [0.25, 0.3) is 5.69 Å². The molecule has 134 valence electrons. The first-order valence-electron chi connectivity index (χ1n) is 8.34. The van der Waals surface area contributed by atoms with Gasteiger partial charge < -0.3 is 10.2 Å². The topological polar surface area (TPSA) is 63.1 Å². The van der Waals surface area contributed by atoms with Gasteiger partial charge in [0, 0.05) is 19.6 Å². The number of nitrogens with one attached hydrogen (secondary N) is 1. The first kappa shape index (κ1) is 17.8. The third-order valence-corrected chi connectivity index (χ3v) is 5.21. The van der Waals surface area contributed by atoms with Gasteiger partial charge in [-0.1, -0.05) is 0 Å². The number of amides is 1.